The van der Waals surface area contributed by atoms with Crippen molar-refractivity contribution in [1.82, 2.24) is 0 Å². The van der Waals surface area contributed by atoms with Crippen molar-refractivity contribution in [3.63, 3.8) is 0 Å². The number of hydrogen-bond acceptors (Lipinski definition) is 3. The molecule has 0 aliphatic carbocycles. The minimum atomic E-state index is -2.46. The summed E-state index contributed by atoms with van der Waals surface area (Å²) in [6.45, 7) is 16.7. The van der Waals surface area contributed by atoms with E-state index in [2.05, 4.69) is 48.5 Å². The van der Waals surface area contributed by atoms with E-state index in [1.165, 1.54) is 31.6 Å². The van der Waals surface area contributed by atoms with Crippen LogP contribution in [0.3, 0.4) is 0 Å². The molecule has 1 atom stereocenters. The van der Waals surface area contributed by atoms with E-state index in [0.717, 1.165) is 44.9 Å². The zero-order valence-corrected chi connectivity index (χ0v) is 20.1. The minimum Gasteiger partial charge on any atom is -0.373 e. The summed E-state index contributed by atoms with van der Waals surface area (Å²) < 4.78 is 18.5. The predicted octanol–water partition coefficient (Wildman–Crippen LogP) is 7.15. The highest BCUT2D eigenvalue weighted by molar-refractivity contribution is 7.37. The van der Waals surface area contributed by atoms with Gasteiger partial charge in [-0.1, -0.05) is 76.3 Å². The molecule has 0 saturated heterocycles. The molecule has 1 radical (unpaired) electrons. The first-order valence-electron chi connectivity index (χ1n) is 10.7. The van der Waals surface area contributed by atoms with Crippen LogP contribution in [0.25, 0.3) is 0 Å². The fraction of sp³-hybridized carbons (Fsp3) is 1.00. The highest BCUT2D eigenvalue weighted by atomic mass is 31.1. The standard InChI is InChI=1S/C16H36O3Si.C4H10P/c1-6-11-12-13-16(9-4)19-20(10-5,17-14-7-2)18-15-8-3;1-3-5-4-2/h16H,6-15H2,1-5H3;3-4H2,1-2H3. The van der Waals surface area contributed by atoms with E-state index in [1.807, 2.05) is 0 Å². The molecule has 0 aliphatic heterocycles. The zero-order valence-electron chi connectivity index (χ0n) is 18.2. The molecule has 0 aromatic heterocycles. The smallest absolute Gasteiger partial charge is 0.373 e. The average molecular weight is 394 g/mol. The van der Waals surface area contributed by atoms with Gasteiger partial charge in [0.1, 0.15) is 0 Å². The van der Waals surface area contributed by atoms with Crippen LogP contribution < -0.4 is 0 Å². The monoisotopic (exact) mass is 393 g/mol. The van der Waals surface area contributed by atoms with Gasteiger partial charge >= 0.3 is 8.80 Å². The van der Waals surface area contributed by atoms with Crippen molar-refractivity contribution in [1.29, 1.82) is 0 Å². The molecule has 0 heterocycles. The molecule has 0 aromatic rings. The van der Waals surface area contributed by atoms with Crippen LogP contribution in [0, 0.1) is 0 Å². The van der Waals surface area contributed by atoms with Crippen LogP contribution >= 0.6 is 8.58 Å². The van der Waals surface area contributed by atoms with Gasteiger partial charge in [-0.05, 0) is 38.0 Å². The van der Waals surface area contributed by atoms with Crippen LogP contribution in [0.15, 0.2) is 0 Å². The van der Waals surface area contributed by atoms with E-state index in [-0.39, 0.29) is 0 Å². The first-order valence-corrected chi connectivity index (χ1v) is 13.9. The Morgan fingerprint density at radius 2 is 1.32 bits per heavy atom. The van der Waals surface area contributed by atoms with E-state index in [9.17, 15) is 0 Å². The Morgan fingerprint density at radius 1 is 0.760 bits per heavy atom. The molecule has 153 valence electrons. The second kappa shape index (κ2) is 20.8. The summed E-state index contributed by atoms with van der Waals surface area (Å²) in [4.78, 5) is 0. The molecule has 1 unspecified atom stereocenters. The van der Waals surface area contributed by atoms with Gasteiger partial charge in [-0.3, -0.25) is 0 Å². The van der Waals surface area contributed by atoms with Crippen LogP contribution in [0.2, 0.25) is 6.04 Å². The molecule has 0 N–H and O–H groups in total. The average Bonchev–Trinajstić information content (AvgIpc) is 2.64. The predicted molar refractivity (Wildman–Crippen MR) is 116 cm³/mol. The van der Waals surface area contributed by atoms with Crippen LogP contribution in [-0.4, -0.2) is 40.4 Å². The van der Waals surface area contributed by atoms with Gasteiger partial charge in [0, 0.05) is 25.4 Å². The molecule has 0 fully saturated rings. The van der Waals surface area contributed by atoms with E-state index >= 15 is 0 Å². The minimum absolute atomic E-state index is 0.293. The Bertz CT molecular complexity index is 245. The van der Waals surface area contributed by atoms with E-state index in [0.29, 0.717) is 6.10 Å². The Labute approximate surface area is 162 Å². The van der Waals surface area contributed by atoms with Crippen molar-refractivity contribution >= 4 is 17.4 Å². The summed E-state index contributed by atoms with van der Waals surface area (Å²) in [5, 5.41) is 0. The van der Waals surface area contributed by atoms with Crippen molar-refractivity contribution in [2.24, 2.45) is 0 Å². The van der Waals surface area contributed by atoms with Crippen molar-refractivity contribution in [2.75, 3.05) is 25.5 Å². The summed E-state index contributed by atoms with van der Waals surface area (Å²) in [6.07, 6.45) is 10.9. The normalized spacial score (nSPS) is 12.6. The Morgan fingerprint density at radius 3 is 1.64 bits per heavy atom. The van der Waals surface area contributed by atoms with Gasteiger partial charge in [-0.25, -0.2) is 0 Å². The summed E-state index contributed by atoms with van der Waals surface area (Å²) >= 11 is 0. The lowest BCUT2D eigenvalue weighted by Crippen LogP contribution is -2.48. The molecule has 0 aliphatic rings. The lowest BCUT2D eigenvalue weighted by molar-refractivity contribution is 0.0223. The van der Waals surface area contributed by atoms with Crippen molar-refractivity contribution in [3.05, 3.63) is 0 Å². The fourth-order valence-corrected chi connectivity index (χ4v) is 5.42. The maximum absolute atomic E-state index is 6.38. The SMILES string of the molecule is CCCCCC(CC)O[Si](CC)(OCCC)OCCC.CC[P]CC. The molecule has 0 aromatic carbocycles. The second-order valence-corrected chi connectivity index (χ2v) is 10.8. The lowest BCUT2D eigenvalue weighted by Gasteiger charge is -2.32. The highest BCUT2D eigenvalue weighted by Gasteiger charge is 2.40. The first kappa shape index (κ1) is 27.7. The van der Waals surface area contributed by atoms with E-state index < -0.39 is 8.80 Å². The topological polar surface area (TPSA) is 27.7 Å². The highest BCUT2D eigenvalue weighted by Crippen LogP contribution is 2.22. The summed E-state index contributed by atoms with van der Waals surface area (Å²) in [5.74, 6) is 0. The van der Waals surface area contributed by atoms with Gasteiger partial charge in [0.2, 0.25) is 0 Å². The van der Waals surface area contributed by atoms with Crippen LogP contribution in [-0.2, 0) is 13.3 Å². The third-order valence-corrected chi connectivity index (χ3v) is 7.60. The van der Waals surface area contributed by atoms with Crippen molar-refractivity contribution in [3.8, 4) is 0 Å². The third-order valence-electron chi connectivity index (χ3n) is 3.86. The summed E-state index contributed by atoms with van der Waals surface area (Å²) in [6, 6.07) is 0.872. The van der Waals surface area contributed by atoms with E-state index in [4.69, 9.17) is 13.3 Å². The molecule has 5 heteroatoms. The fourth-order valence-electron chi connectivity index (χ4n) is 2.36. The largest absolute Gasteiger partial charge is 0.500 e. The molecule has 0 spiro atoms. The van der Waals surface area contributed by atoms with Crippen LogP contribution in [0.5, 0.6) is 0 Å². The van der Waals surface area contributed by atoms with Gasteiger partial charge in [0.15, 0.2) is 0 Å². The van der Waals surface area contributed by atoms with Gasteiger partial charge in [-0.15, -0.1) is 0 Å². The van der Waals surface area contributed by atoms with Crippen LogP contribution in [0.1, 0.15) is 93.4 Å². The Balaban J connectivity index is 0. The van der Waals surface area contributed by atoms with Gasteiger partial charge in [-0.2, -0.15) is 0 Å². The summed E-state index contributed by atoms with van der Waals surface area (Å²) in [5.41, 5.74) is 0. The Hall–Kier alpha value is 0.527. The lowest BCUT2D eigenvalue weighted by atomic mass is 10.1. The number of rotatable bonds is 16. The summed E-state index contributed by atoms with van der Waals surface area (Å²) in [7, 11) is -0.875. The molecule has 0 saturated carbocycles. The van der Waals surface area contributed by atoms with Crippen molar-refractivity contribution < 1.29 is 13.3 Å². The maximum atomic E-state index is 6.38. The molecule has 0 rings (SSSR count). The molecular formula is C20H46O3PSi. The maximum Gasteiger partial charge on any atom is 0.500 e. The second-order valence-electron chi connectivity index (χ2n) is 6.23. The molecule has 0 amide bonds. The molecule has 0 bridgehead atoms. The zero-order chi connectivity index (χ0) is 19.4. The van der Waals surface area contributed by atoms with Gasteiger partial charge < -0.3 is 13.3 Å². The quantitative estimate of drug-likeness (QED) is 0.158. The Kier molecular flexibility index (Phi) is 23.1. The first-order chi connectivity index (χ1) is 12.1. The van der Waals surface area contributed by atoms with Gasteiger partial charge in [0.05, 0.1) is 0 Å². The number of unbranched alkanes of at least 4 members (excludes halogenated alkanes) is 2. The third kappa shape index (κ3) is 16.4. The van der Waals surface area contributed by atoms with E-state index in [1.54, 1.807) is 8.58 Å². The molecular weight excluding hydrogens is 347 g/mol. The molecule has 3 nitrogen and oxygen atoms in total. The van der Waals surface area contributed by atoms with Crippen LogP contribution in [0.4, 0.5) is 0 Å². The molecule has 25 heavy (non-hydrogen) atoms. The number of hydrogen-bond donors (Lipinski definition) is 0. The van der Waals surface area contributed by atoms with Gasteiger partial charge in [0.25, 0.3) is 0 Å². The van der Waals surface area contributed by atoms with Crippen molar-refractivity contribution in [2.45, 2.75) is 106 Å².